The fraction of sp³-hybridized carbons (Fsp3) is 0.500. The third kappa shape index (κ3) is 2.20. The van der Waals surface area contributed by atoms with Crippen molar-refractivity contribution in [2.45, 2.75) is 19.4 Å². The van der Waals surface area contributed by atoms with Crippen LogP contribution in [0.15, 0.2) is 35.2 Å². The normalized spacial score (nSPS) is 24.1. The molecule has 2 heterocycles. The third-order valence-corrected chi connectivity index (χ3v) is 3.80. The molecule has 0 radical (unpaired) electrons. The second-order valence-corrected chi connectivity index (χ2v) is 5.23. The molecule has 1 N–H and O–H groups in total. The van der Waals surface area contributed by atoms with E-state index in [9.17, 15) is 0 Å². The molecule has 0 aliphatic heterocycles. The fourth-order valence-electron chi connectivity index (χ4n) is 2.38. The lowest BCUT2D eigenvalue weighted by Crippen LogP contribution is -2.27. The predicted molar refractivity (Wildman–Crippen MR) is 69.0 cm³/mol. The summed E-state index contributed by atoms with van der Waals surface area (Å²) in [6.07, 6.45) is 6.84. The molecular weight excluding hydrogens is 226 g/mol. The van der Waals surface area contributed by atoms with E-state index in [-0.39, 0.29) is 6.04 Å². The minimum Gasteiger partial charge on any atom is -0.467 e. The fourth-order valence-corrected chi connectivity index (χ4v) is 2.38. The average Bonchev–Trinajstić information content (AvgIpc) is 2.80. The van der Waals surface area contributed by atoms with Gasteiger partial charge in [0.25, 0.3) is 0 Å². The topological polar surface area (TPSA) is 43.0 Å². The average molecular weight is 245 g/mol. The van der Waals surface area contributed by atoms with E-state index in [1.165, 1.54) is 6.42 Å². The summed E-state index contributed by atoms with van der Waals surface area (Å²) in [7, 11) is 2.01. The number of nitrogens with one attached hydrogen (secondary N) is 1. The van der Waals surface area contributed by atoms with Crippen LogP contribution in [0.4, 0.5) is 0 Å². The Bertz CT molecular complexity index is 503. The number of aromatic nitrogens is 2. The lowest BCUT2D eigenvalue weighted by atomic mass is 10.2. The molecule has 1 aliphatic carbocycles. The second kappa shape index (κ2) is 4.61. The Morgan fingerprint density at radius 2 is 2.44 bits per heavy atom. The monoisotopic (exact) mass is 245 g/mol. The van der Waals surface area contributed by atoms with Crippen molar-refractivity contribution in [3.8, 4) is 0 Å². The van der Waals surface area contributed by atoms with Crippen molar-refractivity contribution in [1.82, 2.24) is 14.9 Å². The van der Waals surface area contributed by atoms with Crippen molar-refractivity contribution in [3.05, 3.63) is 42.4 Å². The van der Waals surface area contributed by atoms with Gasteiger partial charge in [0.1, 0.15) is 17.6 Å². The van der Waals surface area contributed by atoms with Gasteiger partial charge in [-0.05, 0) is 36.9 Å². The standard InChI is InChI=1S/C14H19N3O/c1-10-8-11(10)9-16-13(12-4-3-7-18-12)14-15-5-6-17(14)2/h3-7,10-11,13,16H,8-9H2,1-2H3. The summed E-state index contributed by atoms with van der Waals surface area (Å²) in [5.74, 6) is 3.59. The first kappa shape index (κ1) is 11.5. The first-order chi connectivity index (χ1) is 8.75. The third-order valence-electron chi connectivity index (χ3n) is 3.80. The second-order valence-electron chi connectivity index (χ2n) is 5.23. The van der Waals surface area contributed by atoms with Crippen LogP contribution in [0.2, 0.25) is 0 Å². The molecule has 4 nitrogen and oxygen atoms in total. The zero-order valence-electron chi connectivity index (χ0n) is 10.8. The summed E-state index contributed by atoms with van der Waals surface area (Å²) in [5.41, 5.74) is 0. The van der Waals surface area contributed by atoms with E-state index in [4.69, 9.17) is 4.42 Å². The van der Waals surface area contributed by atoms with Gasteiger partial charge in [-0.25, -0.2) is 4.98 Å². The van der Waals surface area contributed by atoms with E-state index in [2.05, 4.69) is 17.2 Å². The number of furan rings is 1. The van der Waals surface area contributed by atoms with E-state index in [0.717, 1.165) is 30.0 Å². The van der Waals surface area contributed by atoms with Gasteiger partial charge in [0, 0.05) is 19.4 Å². The molecule has 0 bridgehead atoms. The van der Waals surface area contributed by atoms with Gasteiger partial charge in [0.2, 0.25) is 0 Å². The van der Waals surface area contributed by atoms with E-state index in [1.54, 1.807) is 6.26 Å². The molecule has 1 aliphatic rings. The number of nitrogens with zero attached hydrogens (tertiary/aromatic N) is 2. The highest BCUT2D eigenvalue weighted by Gasteiger charge is 2.33. The Morgan fingerprint density at radius 1 is 1.61 bits per heavy atom. The number of hydrogen-bond acceptors (Lipinski definition) is 3. The Balaban J connectivity index is 1.78. The van der Waals surface area contributed by atoms with Crippen LogP contribution in [0.1, 0.15) is 31.0 Å². The maximum atomic E-state index is 5.54. The van der Waals surface area contributed by atoms with Crippen LogP contribution in [-0.4, -0.2) is 16.1 Å². The van der Waals surface area contributed by atoms with Gasteiger partial charge in [0.05, 0.1) is 6.26 Å². The molecular formula is C14H19N3O. The van der Waals surface area contributed by atoms with Gasteiger partial charge in [-0.2, -0.15) is 0 Å². The number of rotatable bonds is 5. The van der Waals surface area contributed by atoms with Crippen LogP contribution in [0.25, 0.3) is 0 Å². The van der Waals surface area contributed by atoms with Crippen molar-refractivity contribution in [2.75, 3.05) is 6.54 Å². The zero-order chi connectivity index (χ0) is 12.5. The highest BCUT2D eigenvalue weighted by atomic mass is 16.3. The van der Waals surface area contributed by atoms with Gasteiger partial charge >= 0.3 is 0 Å². The molecule has 0 saturated heterocycles. The molecule has 0 spiro atoms. The van der Waals surface area contributed by atoms with Crippen molar-refractivity contribution in [1.29, 1.82) is 0 Å². The van der Waals surface area contributed by atoms with Gasteiger partial charge in [-0.1, -0.05) is 6.92 Å². The lowest BCUT2D eigenvalue weighted by Gasteiger charge is -2.16. The molecule has 96 valence electrons. The summed E-state index contributed by atoms with van der Waals surface area (Å²) < 4.78 is 7.58. The van der Waals surface area contributed by atoms with Crippen LogP contribution in [-0.2, 0) is 7.05 Å². The first-order valence-corrected chi connectivity index (χ1v) is 6.49. The van der Waals surface area contributed by atoms with Crippen molar-refractivity contribution in [2.24, 2.45) is 18.9 Å². The predicted octanol–water partition coefficient (Wildman–Crippen LogP) is 2.35. The molecule has 4 heteroatoms. The molecule has 3 rings (SSSR count). The van der Waals surface area contributed by atoms with Crippen LogP contribution in [0.3, 0.4) is 0 Å². The molecule has 1 fully saturated rings. The molecule has 18 heavy (non-hydrogen) atoms. The van der Waals surface area contributed by atoms with E-state index < -0.39 is 0 Å². The molecule has 2 aromatic rings. The summed E-state index contributed by atoms with van der Waals surface area (Å²) >= 11 is 0. The van der Waals surface area contributed by atoms with Crippen molar-refractivity contribution < 1.29 is 4.42 Å². The number of imidazole rings is 1. The van der Waals surface area contributed by atoms with E-state index in [0.29, 0.717) is 0 Å². The summed E-state index contributed by atoms with van der Waals surface area (Å²) in [6.45, 7) is 3.33. The van der Waals surface area contributed by atoms with E-state index >= 15 is 0 Å². The maximum absolute atomic E-state index is 5.54. The first-order valence-electron chi connectivity index (χ1n) is 6.49. The highest BCUT2D eigenvalue weighted by Crippen LogP contribution is 2.37. The quantitative estimate of drug-likeness (QED) is 0.879. The number of hydrogen-bond donors (Lipinski definition) is 1. The molecule has 0 aromatic carbocycles. The van der Waals surface area contributed by atoms with Gasteiger partial charge < -0.3 is 14.3 Å². The van der Waals surface area contributed by atoms with Gasteiger partial charge in [-0.15, -0.1) is 0 Å². The smallest absolute Gasteiger partial charge is 0.133 e. The van der Waals surface area contributed by atoms with Crippen LogP contribution in [0.5, 0.6) is 0 Å². The lowest BCUT2D eigenvalue weighted by molar-refractivity contribution is 0.422. The summed E-state index contributed by atoms with van der Waals surface area (Å²) in [5, 5.41) is 3.58. The molecule has 0 amide bonds. The van der Waals surface area contributed by atoms with Gasteiger partial charge in [-0.3, -0.25) is 0 Å². The van der Waals surface area contributed by atoms with Crippen molar-refractivity contribution in [3.63, 3.8) is 0 Å². The van der Waals surface area contributed by atoms with Crippen LogP contribution >= 0.6 is 0 Å². The minimum absolute atomic E-state index is 0.0489. The van der Waals surface area contributed by atoms with Gasteiger partial charge in [0.15, 0.2) is 0 Å². The molecule has 3 atom stereocenters. The summed E-state index contributed by atoms with van der Waals surface area (Å²) in [6, 6.07) is 3.97. The van der Waals surface area contributed by atoms with Crippen LogP contribution in [0, 0.1) is 11.8 Å². The Morgan fingerprint density at radius 3 is 3.00 bits per heavy atom. The minimum atomic E-state index is 0.0489. The molecule has 2 aromatic heterocycles. The molecule has 1 saturated carbocycles. The van der Waals surface area contributed by atoms with Crippen LogP contribution < -0.4 is 5.32 Å². The Hall–Kier alpha value is -1.55. The van der Waals surface area contributed by atoms with Crippen molar-refractivity contribution >= 4 is 0 Å². The summed E-state index contributed by atoms with van der Waals surface area (Å²) in [4.78, 5) is 4.43. The largest absolute Gasteiger partial charge is 0.467 e. The highest BCUT2D eigenvalue weighted by molar-refractivity contribution is 5.15. The maximum Gasteiger partial charge on any atom is 0.133 e. The Labute approximate surface area is 107 Å². The van der Waals surface area contributed by atoms with E-state index in [1.807, 2.05) is 36.1 Å². The molecule has 3 unspecified atom stereocenters. The SMILES string of the molecule is CC1CC1CNC(c1ccco1)c1nccn1C. The Kier molecular flexibility index (Phi) is 2.96. The number of aryl methyl sites for hydroxylation is 1. The zero-order valence-corrected chi connectivity index (χ0v) is 10.8.